The standard InChI is InChI=1S/C38H65N11O8/c39-17-7-3-13-28(34(52)46-30(15-5-9-19-41)36(54)48-31(38(56)57)16-6-10-20-42)45-35(53)29(14-4-8-18-40)47-37(55)32(23-50)49-33(51)26(43)21-24-22-44-27-12-2-1-11-25(24)27/h1-2,11-12,22,26,28-32,44,50H,3-10,13-21,23,39-43H2,(H,45,53)(H,46,52)(H,47,55)(H,48,54)(H,49,51)(H,56,57)/t26-,28-,29-,30-,31-,32-/m0/s1. The van der Waals surface area contributed by atoms with E-state index in [4.69, 9.17) is 28.7 Å². The van der Waals surface area contributed by atoms with E-state index in [1.165, 1.54) is 0 Å². The Hall–Kier alpha value is -4.66. The van der Waals surface area contributed by atoms with Crippen molar-refractivity contribution in [1.82, 2.24) is 31.6 Å². The summed E-state index contributed by atoms with van der Waals surface area (Å²) < 4.78 is 0. The summed E-state index contributed by atoms with van der Waals surface area (Å²) in [6.07, 6.45) is 6.40. The first-order valence-electron chi connectivity index (χ1n) is 19.9. The number of amides is 5. The first-order chi connectivity index (χ1) is 27.4. The molecule has 1 heterocycles. The van der Waals surface area contributed by atoms with Crippen LogP contribution in [0.4, 0.5) is 0 Å². The van der Waals surface area contributed by atoms with E-state index in [1.54, 1.807) is 6.20 Å². The molecule has 2 aromatic rings. The van der Waals surface area contributed by atoms with Gasteiger partial charge in [0.1, 0.15) is 30.2 Å². The molecule has 0 bridgehead atoms. The van der Waals surface area contributed by atoms with E-state index in [0.717, 1.165) is 16.5 Å². The Morgan fingerprint density at radius 1 is 0.561 bits per heavy atom. The zero-order valence-corrected chi connectivity index (χ0v) is 32.8. The third-order valence-electron chi connectivity index (χ3n) is 9.57. The van der Waals surface area contributed by atoms with Gasteiger partial charge < -0.3 is 70.4 Å². The number of unbranched alkanes of at least 4 members (excludes halogenated alkanes) is 4. The lowest BCUT2D eigenvalue weighted by Gasteiger charge is -2.27. The Morgan fingerprint density at radius 3 is 1.37 bits per heavy atom. The van der Waals surface area contributed by atoms with Gasteiger partial charge in [-0.3, -0.25) is 24.0 Å². The van der Waals surface area contributed by atoms with Gasteiger partial charge in [-0.15, -0.1) is 0 Å². The van der Waals surface area contributed by atoms with Crippen molar-refractivity contribution in [3.63, 3.8) is 0 Å². The number of aliphatic carboxylic acids is 1. The lowest BCUT2D eigenvalue weighted by Crippen LogP contribution is -2.59. The number of aromatic nitrogens is 1. The van der Waals surface area contributed by atoms with Crippen LogP contribution in [-0.2, 0) is 35.2 Å². The monoisotopic (exact) mass is 804 g/mol. The van der Waals surface area contributed by atoms with E-state index in [1.807, 2.05) is 24.3 Å². The van der Waals surface area contributed by atoms with Crippen LogP contribution in [0.1, 0.15) is 82.6 Å². The summed E-state index contributed by atoms with van der Waals surface area (Å²) in [7, 11) is 0. The number of aliphatic hydroxyl groups excluding tert-OH is 1. The van der Waals surface area contributed by atoms with Crippen molar-refractivity contribution >= 4 is 46.4 Å². The second-order valence-corrected chi connectivity index (χ2v) is 14.1. The molecule has 6 atom stereocenters. The molecule has 0 spiro atoms. The SMILES string of the molecule is NCCCC[C@H](NC(=O)[C@H](CCCCN)NC(=O)[C@H](CCCCN)NC(=O)[C@H](CCCCN)NC(=O)[C@H](CO)NC(=O)[C@@H](N)Cc1c[nH]c2ccccc12)C(=O)O. The molecule has 320 valence electrons. The van der Waals surface area contributed by atoms with Crippen molar-refractivity contribution < 1.29 is 39.0 Å². The summed E-state index contributed by atoms with van der Waals surface area (Å²) in [5.74, 6) is -4.87. The highest BCUT2D eigenvalue weighted by Gasteiger charge is 2.32. The van der Waals surface area contributed by atoms with Crippen LogP contribution in [0.5, 0.6) is 0 Å². The molecule has 0 fully saturated rings. The molecule has 1 aromatic heterocycles. The molecule has 57 heavy (non-hydrogen) atoms. The molecule has 19 nitrogen and oxygen atoms in total. The van der Waals surface area contributed by atoms with Gasteiger partial charge >= 0.3 is 5.97 Å². The maximum absolute atomic E-state index is 13.8. The number of H-pyrrole nitrogens is 1. The van der Waals surface area contributed by atoms with Crippen LogP contribution < -0.4 is 55.3 Å². The normalized spacial score (nSPS) is 14.4. The van der Waals surface area contributed by atoms with E-state index in [-0.39, 0.29) is 32.1 Å². The van der Waals surface area contributed by atoms with E-state index < -0.39 is 78.4 Å². The molecule has 0 aliphatic rings. The highest BCUT2D eigenvalue weighted by atomic mass is 16.4. The van der Waals surface area contributed by atoms with Crippen molar-refractivity contribution in [2.24, 2.45) is 28.7 Å². The zero-order valence-electron chi connectivity index (χ0n) is 32.8. The minimum Gasteiger partial charge on any atom is -0.480 e. The van der Waals surface area contributed by atoms with Gasteiger partial charge in [-0.1, -0.05) is 18.2 Å². The predicted octanol–water partition coefficient (Wildman–Crippen LogP) is -1.95. The number of rotatable bonds is 30. The van der Waals surface area contributed by atoms with Crippen molar-refractivity contribution in [2.45, 2.75) is 120 Å². The van der Waals surface area contributed by atoms with E-state index in [2.05, 4.69) is 31.6 Å². The van der Waals surface area contributed by atoms with Gasteiger partial charge in [0.05, 0.1) is 12.6 Å². The van der Waals surface area contributed by atoms with Crippen molar-refractivity contribution in [1.29, 1.82) is 0 Å². The Balaban J connectivity index is 2.21. The molecule has 2 rings (SSSR count). The highest BCUT2D eigenvalue weighted by molar-refractivity contribution is 5.96. The average Bonchev–Trinajstić information content (AvgIpc) is 3.60. The van der Waals surface area contributed by atoms with Crippen molar-refractivity contribution in [3.05, 3.63) is 36.0 Å². The molecule has 0 radical (unpaired) electrons. The van der Waals surface area contributed by atoms with Crippen LogP contribution >= 0.6 is 0 Å². The number of carbonyl (C=O) groups is 6. The number of carbonyl (C=O) groups excluding carboxylic acids is 5. The van der Waals surface area contributed by atoms with Crippen LogP contribution in [0.3, 0.4) is 0 Å². The second-order valence-electron chi connectivity index (χ2n) is 14.1. The largest absolute Gasteiger partial charge is 0.480 e. The van der Waals surface area contributed by atoms with Crippen LogP contribution in [0.25, 0.3) is 10.9 Å². The number of carboxylic acids is 1. The first kappa shape index (κ1) is 48.5. The van der Waals surface area contributed by atoms with Crippen LogP contribution in [-0.4, -0.2) is 120 Å². The number of hydrogen-bond donors (Lipinski definition) is 13. The van der Waals surface area contributed by atoms with Gasteiger partial charge in [0, 0.05) is 17.1 Å². The van der Waals surface area contributed by atoms with Crippen LogP contribution in [0.2, 0.25) is 0 Å². The van der Waals surface area contributed by atoms with Crippen molar-refractivity contribution in [3.8, 4) is 0 Å². The molecule has 0 saturated heterocycles. The average molecular weight is 804 g/mol. The summed E-state index contributed by atoms with van der Waals surface area (Å²) in [5, 5.41) is 33.7. The molecular weight excluding hydrogens is 738 g/mol. The lowest BCUT2D eigenvalue weighted by atomic mass is 10.0. The van der Waals surface area contributed by atoms with Gasteiger partial charge in [0.15, 0.2) is 0 Å². The zero-order chi connectivity index (χ0) is 42.2. The summed E-state index contributed by atoms with van der Waals surface area (Å²) in [4.78, 5) is 82.5. The molecule has 0 saturated carbocycles. The van der Waals surface area contributed by atoms with Gasteiger partial charge in [-0.2, -0.15) is 0 Å². The van der Waals surface area contributed by atoms with E-state index >= 15 is 0 Å². The Kier molecular flexibility index (Phi) is 23.0. The maximum atomic E-state index is 13.8. The molecule has 19 heteroatoms. The third-order valence-corrected chi connectivity index (χ3v) is 9.57. The predicted molar refractivity (Wildman–Crippen MR) is 216 cm³/mol. The molecule has 18 N–H and O–H groups in total. The number of hydrogen-bond acceptors (Lipinski definition) is 12. The fourth-order valence-electron chi connectivity index (χ4n) is 6.23. The summed E-state index contributed by atoms with van der Waals surface area (Å²) in [6.45, 7) is 0.562. The minimum atomic E-state index is -1.45. The van der Waals surface area contributed by atoms with Gasteiger partial charge in [0.25, 0.3) is 0 Å². The van der Waals surface area contributed by atoms with Crippen LogP contribution in [0, 0.1) is 0 Å². The quantitative estimate of drug-likeness (QED) is 0.0383. The first-order valence-corrected chi connectivity index (χ1v) is 19.9. The Morgan fingerprint density at radius 2 is 0.947 bits per heavy atom. The van der Waals surface area contributed by atoms with E-state index in [0.29, 0.717) is 77.5 Å². The topological polar surface area (TPSA) is 349 Å². The lowest BCUT2D eigenvalue weighted by molar-refractivity contribution is -0.142. The molecule has 5 amide bonds. The van der Waals surface area contributed by atoms with Gasteiger partial charge in [-0.25, -0.2) is 4.79 Å². The summed E-state index contributed by atoms with van der Waals surface area (Å²) >= 11 is 0. The fourth-order valence-corrected chi connectivity index (χ4v) is 6.23. The number of carboxylic acid groups (broad SMARTS) is 1. The number of aromatic amines is 1. The fraction of sp³-hybridized carbons (Fsp3) is 0.632. The Labute approximate surface area is 333 Å². The number of nitrogens with two attached hydrogens (primary N) is 5. The van der Waals surface area contributed by atoms with Gasteiger partial charge in [-0.05, 0) is 121 Å². The molecule has 0 aliphatic heterocycles. The number of para-hydroxylation sites is 1. The Bertz CT molecular complexity index is 1560. The summed E-state index contributed by atoms with van der Waals surface area (Å²) in [6, 6.07) is 0.301. The summed E-state index contributed by atoms with van der Waals surface area (Å²) in [5.41, 5.74) is 30.4. The maximum Gasteiger partial charge on any atom is 0.326 e. The van der Waals surface area contributed by atoms with Crippen LogP contribution in [0.15, 0.2) is 30.5 Å². The highest BCUT2D eigenvalue weighted by Crippen LogP contribution is 2.19. The van der Waals surface area contributed by atoms with Gasteiger partial charge in [0.2, 0.25) is 29.5 Å². The number of benzene rings is 1. The molecule has 0 aliphatic carbocycles. The van der Waals surface area contributed by atoms with Crippen molar-refractivity contribution in [2.75, 3.05) is 32.8 Å². The minimum absolute atomic E-state index is 0.114. The number of fused-ring (bicyclic) bond motifs is 1. The third kappa shape index (κ3) is 17.2. The smallest absolute Gasteiger partial charge is 0.326 e. The molecular formula is C38H65N11O8. The second kappa shape index (κ2) is 27.1. The molecule has 1 aromatic carbocycles. The number of nitrogens with one attached hydrogen (secondary N) is 6. The molecule has 0 unspecified atom stereocenters. The van der Waals surface area contributed by atoms with E-state index in [9.17, 15) is 39.0 Å². The number of aliphatic hydroxyl groups is 1.